The molecule has 2 amide bonds. The number of carbonyl (C=O) groups excluding carboxylic acids is 1. The van der Waals surface area contributed by atoms with Crippen LogP contribution >= 0.6 is 0 Å². The van der Waals surface area contributed by atoms with E-state index in [1.165, 1.54) is 4.90 Å². The molecule has 2 unspecified atom stereocenters. The Hall–Kier alpha value is -1.30. The van der Waals surface area contributed by atoms with Crippen molar-refractivity contribution in [2.75, 3.05) is 20.3 Å². The molecule has 0 aromatic carbocycles. The number of hydrogen-bond donors (Lipinski definition) is 2. The lowest BCUT2D eigenvalue weighted by Gasteiger charge is -2.43. The fraction of sp³-hybridized carbons (Fsp3) is 0.846. The third-order valence-corrected chi connectivity index (χ3v) is 4.55. The molecule has 108 valence electrons. The minimum absolute atomic E-state index is 0.0798. The topological polar surface area (TPSA) is 78.9 Å². The normalized spacial score (nSPS) is 28.5. The van der Waals surface area contributed by atoms with E-state index < -0.39 is 11.9 Å². The highest BCUT2D eigenvalue weighted by molar-refractivity contribution is 5.77. The van der Waals surface area contributed by atoms with Gasteiger partial charge in [-0.15, -0.1) is 0 Å². The largest absolute Gasteiger partial charge is 0.481 e. The van der Waals surface area contributed by atoms with Crippen molar-refractivity contribution < 1.29 is 19.4 Å². The minimum atomic E-state index is -0.906. The minimum Gasteiger partial charge on any atom is -0.481 e. The van der Waals surface area contributed by atoms with Crippen molar-refractivity contribution in [1.29, 1.82) is 0 Å². The number of amides is 2. The second-order valence-corrected chi connectivity index (χ2v) is 5.58. The lowest BCUT2D eigenvalue weighted by atomic mass is 9.75. The molecule has 0 aromatic rings. The first-order valence-electron chi connectivity index (χ1n) is 6.84. The first-order valence-corrected chi connectivity index (χ1v) is 6.84. The van der Waals surface area contributed by atoms with E-state index in [2.05, 4.69) is 12.2 Å². The van der Waals surface area contributed by atoms with Crippen LogP contribution in [-0.2, 0) is 9.53 Å². The summed E-state index contributed by atoms with van der Waals surface area (Å²) in [6.07, 6.45) is 4.07. The predicted molar refractivity (Wildman–Crippen MR) is 68.9 cm³/mol. The van der Waals surface area contributed by atoms with E-state index in [1.54, 1.807) is 7.05 Å². The summed E-state index contributed by atoms with van der Waals surface area (Å²) >= 11 is 0. The van der Waals surface area contributed by atoms with Crippen LogP contribution in [0.15, 0.2) is 0 Å². The first-order chi connectivity index (χ1) is 8.99. The summed E-state index contributed by atoms with van der Waals surface area (Å²) in [5, 5.41) is 12.2. The zero-order valence-electron chi connectivity index (χ0n) is 11.5. The lowest BCUT2D eigenvalue weighted by Crippen LogP contribution is -2.58. The molecule has 1 heterocycles. The molecule has 2 aliphatic rings. The molecule has 0 radical (unpaired) electrons. The Morgan fingerprint density at radius 2 is 2.11 bits per heavy atom. The molecule has 19 heavy (non-hydrogen) atoms. The van der Waals surface area contributed by atoms with Crippen molar-refractivity contribution >= 4 is 12.0 Å². The van der Waals surface area contributed by atoms with E-state index in [0.29, 0.717) is 6.61 Å². The van der Waals surface area contributed by atoms with Gasteiger partial charge in [0.05, 0.1) is 19.3 Å². The predicted octanol–water partition coefficient (Wildman–Crippen LogP) is 1.06. The van der Waals surface area contributed by atoms with Gasteiger partial charge >= 0.3 is 12.0 Å². The molecule has 1 saturated heterocycles. The van der Waals surface area contributed by atoms with Crippen LogP contribution in [0, 0.1) is 5.92 Å². The fourth-order valence-corrected chi connectivity index (χ4v) is 2.80. The van der Waals surface area contributed by atoms with Gasteiger partial charge in [-0.1, -0.05) is 6.92 Å². The van der Waals surface area contributed by atoms with Crippen LogP contribution < -0.4 is 5.32 Å². The van der Waals surface area contributed by atoms with Gasteiger partial charge < -0.3 is 20.1 Å². The van der Waals surface area contributed by atoms with Gasteiger partial charge in [-0.2, -0.15) is 0 Å². The molecule has 0 spiro atoms. The third-order valence-electron chi connectivity index (χ3n) is 4.55. The van der Waals surface area contributed by atoms with Gasteiger partial charge in [0.25, 0.3) is 0 Å². The van der Waals surface area contributed by atoms with Crippen molar-refractivity contribution in [1.82, 2.24) is 10.2 Å². The number of ether oxygens (including phenoxy) is 1. The van der Waals surface area contributed by atoms with Gasteiger partial charge in [-0.3, -0.25) is 4.79 Å². The molecule has 6 nitrogen and oxygen atoms in total. The lowest BCUT2D eigenvalue weighted by molar-refractivity contribution is -0.142. The number of hydrogen-bond acceptors (Lipinski definition) is 3. The molecule has 1 aliphatic carbocycles. The maximum atomic E-state index is 12.2. The molecule has 1 aliphatic heterocycles. The number of nitrogens with zero attached hydrogens (tertiary/aromatic N) is 1. The summed E-state index contributed by atoms with van der Waals surface area (Å²) in [5.41, 5.74) is -0.0798. The van der Waals surface area contributed by atoms with Crippen molar-refractivity contribution in [3.8, 4) is 0 Å². The van der Waals surface area contributed by atoms with E-state index in [4.69, 9.17) is 9.84 Å². The van der Waals surface area contributed by atoms with Gasteiger partial charge in [-0.25, -0.2) is 4.79 Å². The summed E-state index contributed by atoms with van der Waals surface area (Å²) in [5.74, 6) is -1.54. The number of carboxylic acids is 1. The van der Waals surface area contributed by atoms with Crippen molar-refractivity contribution in [2.45, 2.75) is 44.2 Å². The average molecular weight is 270 g/mol. The Morgan fingerprint density at radius 3 is 2.58 bits per heavy atom. The number of carbonyl (C=O) groups is 2. The maximum Gasteiger partial charge on any atom is 0.317 e. The first kappa shape index (κ1) is 14.1. The number of likely N-dealkylation sites (N-methyl/N-ethyl adjacent to an activating group) is 1. The molecule has 0 aromatic heterocycles. The van der Waals surface area contributed by atoms with Crippen LogP contribution in [0.1, 0.15) is 32.6 Å². The number of urea groups is 1. The van der Waals surface area contributed by atoms with Crippen LogP contribution in [-0.4, -0.2) is 53.8 Å². The fourth-order valence-electron chi connectivity index (χ4n) is 2.80. The molecule has 6 heteroatoms. The summed E-state index contributed by atoms with van der Waals surface area (Å²) in [6.45, 7) is 2.54. The Bertz CT molecular complexity index is 362. The highest BCUT2D eigenvalue weighted by Gasteiger charge is 2.41. The highest BCUT2D eigenvalue weighted by Crippen LogP contribution is 2.35. The Labute approximate surface area is 113 Å². The molecule has 2 N–H and O–H groups in total. The van der Waals surface area contributed by atoms with E-state index in [0.717, 1.165) is 25.7 Å². The van der Waals surface area contributed by atoms with Crippen LogP contribution in [0.2, 0.25) is 0 Å². The molecule has 0 bridgehead atoms. The smallest absolute Gasteiger partial charge is 0.317 e. The second-order valence-electron chi connectivity index (χ2n) is 5.58. The second kappa shape index (κ2) is 5.36. The molecular weight excluding hydrogens is 248 g/mol. The standard InChI is InChI=1S/C13H22N2O4/c1-3-13(5-4-6-13)14-12(18)15(2)10-8-19-7-9(10)11(16)17/h9-10H,3-8H2,1-2H3,(H,14,18)(H,16,17). The SMILES string of the molecule is CCC1(NC(=O)N(C)C2COCC2C(=O)O)CCC1. The summed E-state index contributed by atoms with van der Waals surface area (Å²) < 4.78 is 5.20. The van der Waals surface area contributed by atoms with Crippen LogP contribution in [0.25, 0.3) is 0 Å². The summed E-state index contributed by atoms with van der Waals surface area (Å²) in [7, 11) is 1.65. The van der Waals surface area contributed by atoms with Gasteiger partial charge in [0.1, 0.15) is 5.92 Å². The summed E-state index contributed by atoms with van der Waals surface area (Å²) in [6, 6.07) is -0.574. The molecular formula is C13H22N2O4. The Kier molecular flexibility index (Phi) is 3.99. The molecule has 2 fully saturated rings. The van der Waals surface area contributed by atoms with E-state index >= 15 is 0 Å². The number of carboxylic acid groups (broad SMARTS) is 1. The van der Waals surface area contributed by atoms with Crippen LogP contribution in [0.3, 0.4) is 0 Å². The number of rotatable bonds is 4. The monoisotopic (exact) mass is 270 g/mol. The zero-order valence-corrected chi connectivity index (χ0v) is 11.5. The average Bonchev–Trinajstić information content (AvgIpc) is 2.81. The van der Waals surface area contributed by atoms with E-state index in [9.17, 15) is 9.59 Å². The van der Waals surface area contributed by atoms with Crippen LogP contribution in [0.5, 0.6) is 0 Å². The molecule has 1 saturated carbocycles. The van der Waals surface area contributed by atoms with E-state index in [-0.39, 0.29) is 24.2 Å². The van der Waals surface area contributed by atoms with Gasteiger partial charge in [0.2, 0.25) is 0 Å². The number of aliphatic carboxylic acids is 1. The van der Waals surface area contributed by atoms with Gasteiger partial charge in [-0.05, 0) is 25.7 Å². The van der Waals surface area contributed by atoms with Gasteiger partial charge in [0, 0.05) is 12.6 Å². The van der Waals surface area contributed by atoms with Gasteiger partial charge in [0.15, 0.2) is 0 Å². The molecule has 2 atom stereocenters. The maximum absolute atomic E-state index is 12.2. The Balaban J connectivity index is 1.97. The molecule has 2 rings (SSSR count). The highest BCUT2D eigenvalue weighted by atomic mass is 16.5. The summed E-state index contributed by atoms with van der Waals surface area (Å²) in [4.78, 5) is 24.8. The van der Waals surface area contributed by atoms with Crippen molar-refractivity contribution in [3.05, 3.63) is 0 Å². The quantitative estimate of drug-likeness (QED) is 0.800. The zero-order chi connectivity index (χ0) is 14.0. The van der Waals surface area contributed by atoms with E-state index in [1.807, 2.05) is 0 Å². The van der Waals surface area contributed by atoms with Crippen molar-refractivity contribution in [3.63, 3.8) is 0 Å². The Morgan fingerprint density at radius 1 is 1.42 bits per heavy atom. The third kappa shape index (κ3) is 2.68. The van der Waals surface area contributed by atoms with Crippen molar-refractivity contribution in [2.24, 2.45) is 5.92 Å². The number of nitrogens with one attached hydrogen (secondary N) is 1. The van der Waals surface area contributed by atoms with Crippen LogP contribution in [0.4, 0.5) is 4.79 Å².